The normalized spacial score (nSPS) is 26.6. The molecule has 2 atom stereocenters. The first-order chi connectivity index (χ1) is 8.70. The van der Waals surface area contributed by atoms with Crippen LogP contribution >= 0.6 is 0 Å². The van der Waals surface area contributed by atoms with Crippen molar-refractivity contribution in [2.75, 3.05) is 4.90 Å². The van der Waals surface area contributed by atoms with Gasteiger partial charge in [-0.15, -0.1) is 0 Å². The molecule has 2 heterocycles. The van der Waals surface area contributed by atoms with Gasteiger partial charge in [0.1, 0.15) is 18.5 Å². The average Bonchev–Trinajstić information content (AvgIpc) is 2.84. The summed E-state index contributed by atoms with van der Waals surface area (Å²) in [6, 6.07) is 6.46. The van der Waals surface area contributed by atoms with Crippen LogP contribution in [-0.2, 0) is 14.3 Å². The number of anilines is 1. The summed E-state index contributed by atoms with van der Waals surface area (Å²) in [6.07, 6.45) is 0.811. The van der Waals surface area contributed by atoms with E-state index in [-0.39, 0.29) is 11.8 Å². The number of hydrogen-bond acceptors (Lipinski definition) is 4. The minimum atomic E-state index is -0.521. The van der Waals surface area contributed by atoms with E-state index in [1.165, 1.54) is 6.07 Å². The SMILES string of the molecule is O=Cc1cccc(N2C(=O)C3CCC(O3)C2=O)c1. The summed E-state index contributed by atoms with van der Waals surface area (Å²) >= 11 is 0. The number of aldehydes is 1. The summed E-state index contributed by atoms with van der Waals surface area (Å²) in [5.74, 6) is -0.673. The number of morpholine rings is 1. The predicted octanol–water partition coefficient (Wildman–Crippen LogP) is 0.920. The third-order valence-corrected chi connectivity index (χ3v) is 3.28. The fourth-order valence-electron chi connectivity index (χ4n) is 2.39. The van der Waals surface area contributed by atoms with Crippen molar-refractivity contribution in [1.29, 1.82) is 0 Å². The molecule has 0 aliphatic carbocycles. The Morgan fingerprint density at radius 1 is 1.17 bits per heavy atom. The molecular formula is C13H11NO4. The van der Waals surface area contributed by atoms with E-state index in [2.05, 4.69) is 0 Å². The molecule has 2 saturated heterocycles. The van der Waals surface area contributed by atoms with Crippen LogP contribution in [0.3, 0.4) is 0 Å². The van der Waals surface area contributed by atoms with Gasteiger partial charge < -0.3 is 4.74 Å². The molecular weight excluding hydrogens is 234 g/mol. The third kappa shape index (κ3) is 1.55. The van der Waals surface area contributed by atoms with Crippen LogP contribution in [-0.4, -0.2) is 30.3 Å². The van der Waals surface area contributed by atoms with Gasteiger partial charge in [0.25, 0.3) is 11.8 Å². The highest BCUT2D eigenvalue weighted by atomic mass is 16.5. The molecule has 18 heavy (non-hydrogen) atoms. The van der Waals surface area contributed by atoms with Crippen molar-refractivity contribution in [3.63, 3.8) is 0 Å². The smallest absolute Gasteiger partial charge is 0.262 e. The van der Waals surface area contributed by atoms with Crippen molar-refractivity contribution in [3.8, 4) is 0 Å². The average molecular weight is 245 g/mol. The molecule has 0 aromatic heterocycles. The molecule has 0 spiro atoms. The molecule has 5 heteroatoms. The van der Waals surface area contributed by atoms with Crippen LogP contribution in [0.4, 0.5) is 5.69 Å². The van der Waals surface area contributed by atoms with Crippen LogP contribution in [0.25, 0.3) is 0 Å². The highest BCUT2D eigenvalue weighted by Gasteiger charge is 2.47. The Balaban J connectivity index is 2.01. The lowest BCUT2D eigenvalue weighted by Crippen LogP contribution is -2.52. The molecule has 0 N–H and O–H groups in total. The van der Waals surface area contributed by atoms with Gasteiger partial charge in [0, 0.05) is 5.56 Å². The Kier molecular flexibility index (Phi) is 2.48. The second-order valence-electron chi connectivity index (χ2n) is 4.42. The number of carbonyl (C=O) groups excluding carboxylic acids is 3. The maximum absolute atomic E-state index is 12.1. The Morgan fingerprint density at radius 2 is 1.83 bits per heavy atom. The summed E-state index contributed by atoms with van der Waals surface area (Å²) in [4.78, 5) is 36.0. The summed E-state index contributed by atoms with van der Waals surface area (Å²) in [5, 5.41) is 0. The zero-order chi connectivity index (χ0) is 12.7. The highest BCUT2D eigenvalue weighted by Crippen LogP contribution is 2.31. The molecule has 2 aliphatic heterocycles. The standard InChI is InChI=1S/C13H11NO4/c15-7-8-2-1-3-9(6-8)14-12(16)10-4-5-11(18-10)13(14)17/h1-3,6-7,10-11H,4-5H2. The van der Waals surface area contributed by atoms with Gasteiger partial charge in [0.15, 0.2) is 0 Å². The van der Waals surface area contributed by atoms with E-state index in [1.54, 1.807) is 18.2 Å². The summed E-state index contributed by atoms with van der Waals surface area (Å²) in [5.41, 5.74) is 0.877. The zero-order valence-corrected chi connectivity index (χ0v) is 9.54. The Bertz CT molecular complexity index is 518. The largest absolute Gasteiger partial charge is 0.355 e. The first-order valence-corrected chi connectivity index (χ1v) is 5.79. The number of hydrogen-bond donors (Lipinski definition) is 0. The fourth-order valence-corrected chi connectivity index (χ4v) is 2.39. The topological polar surface area (TPSA) is 63.7 Å². The maximum Gasteiger partial charge on any atom is 0.262 e. The van der Waals surface area contributed by atoms with Crippen LogP contribution in [0.1, 0.15) is 23.2 Å². The number of carbonyl (C=O) groups is 3. The summed E-state index contributed by atoms with van der Waals surface area (Å²) in [7, 11) is 0. The Morgan fingerprint density at radius 3 is 2.44 bits per heavy atom. The number of amides is 2. The summed E-state index contributed by atoms with van der Waals surface area (Å²) in [6.45, 7) is 0. The van der Waals surface area contributed by atoms with E-state index in [9.17, 15) is 14.4 Å². The van der Waals surface area contributed by atoms with E-state index in [1.807, 2.05) is 0 Å². The third-order valence-electron chi connectivity index (χ3n) is 3.28. The molecule has 2 bridgehead atoms. The van der Waals surface area contributed by atoms with Gasteiger partial charge in [0.05, 0.1) is 5.69 Å². The van der Waals surface area contributed by atoms with E-state index in [0.29, 0.717) is 30.4 Å². The number of rotatable bonds is 2. The minimum absolute atomic E-state index is 0.336. The van der Waals surface area contributed by atoms with E-state index in [4.69, 9.17) is 4.74 Å². The number of nitrogens with zero attached hydrogens (tertiary/aromatic N) is 1. The van der Waals surface area contributed by atoms with Gasteiger partial charge in [-0.1, -0.05) is 12.1 Å². The van der Waals surface area contributed by atoms with Gasteiger partial charge in [-0.3, -0.25) is 14.4 Å². The molecule has 5 nitrogen and oxygen atoms in total. The summed E-state index contributed by atoms with van der Waals surface area (Å²) < 4.78 is 5.32. The van der Waals surface area contributed by atoms with Crippen molar-refractivity contribution >= 4 is 23.8 Å². The molecule has 0 radical (unpaired) electrons. The van der Waals surface area contributed by atoms with Crippen LogP contribution in [0.2, 0.25) is 0 Å². The molecule has 2 fully saturated rings. The molecule has 92 valence electrons. The second-order valence-corrected chi connectivity index (χ2v) is 4.42. The zero-order valence-electron chi connectivity index (χ0n) is 9.54. The monoisotopic (exact) mass is 245 g/mol. The van der Waals surface area contributed by atoms with Crippen molar-refractivity contribution < 1.29 is 19.1 Å². The molecule has 2 unspecified atom stereocenters. The Hall–Kier alpha value is -2.01. The maximum atomic E-state index is 12.1. The fraction of sp³-hybridized carbons (Fsp3) is 0.308. The number of benzene rings is 1. The van der Waals surface area contributed by atoms with Crippen molar-refractivity contribution in [3.05, 3.63) is 29.8 Å². The molecule has 1 aromatic carbocycles. The predicted molar refractivity (Wildman–Crippen MR) is 62.2 cm³/mol. The number of fused-ring (bicyclic) bond motifs is 2. The van der Waals surface area contributed by atoms with Gasteiger partial charge in [0.2, 0.25) is 0 Å². The molecule has 2 amide bonds. The Labute approximate surface area is 103 Å². The molecule has 3 rings (SSSR count). The van der Waals surface area contributed by atoms with Gasteiger partial charge in [-0.25, -0.2) is 4.90 Å². The first-order valence-electron chi connectivity index (χ1n) is 5.79. The van der Waals surface area contributed by atoms with Crippen molar-refractivity contribution in [2.45, 2.75) is 25.0 Å². The van der Waals surface area contributed by atoms with Crippen molar-refractivity contribution in [1.82, 2.24) is 0 Å². The lowest BCUT2D eigenvalue weighted by Gasteiger charge is -2.29. The number of imide groups is 1. The van der Waals surface area contributed by atoms with E-state index >= 15 is 0 Å². The lowest BCUT2D eigenvalue weighted by molar-refractivity contribution is -0.146. The molecule has 2 aliphatic rings. The van der Waals surface area contributed by atoms with Crippen LogP contribution in [0, 0.1) is 0 Å². The van der Waals surface area contributed by atoms with Gasteiger partial charge >= 0.3 is 0 Å². The van der Waals surface area contributed by atoms with Crippen LogP contribution in [0.5, 0.6) is 0 Å². The van der Waals surface area contributed by atoms with Crippen molar-refractivity contribution in [2.24, 2.45) is 0 Å². The second kappa shape index (κ2) is 4.03. The molecule has 0 saturated carbocycles. The van der Waals surface area contributed by atoms with Gasteiger partial charge in [-0.05, 0) is 25.0 Å². The van der Waals surface area contributed by atoms with E-state index in [0.717, 1.165) is 4.90 Å². The quantitative estimate of drug-likeness (QED) is 0.574. The van der Waals surface area contributed by atoms with Crippen LogP contribution < -0.4 is 4.90 Å². The van der Waals surface area contributed by atoms with E-state index < -0.39 is 12.2 Å². The highest BCUT2D eigenvalue weighted by molar-refractivity contribution is 6.20. The number of ether oxygens (including phenoxy) is 1. The molecule has 1 aromatic rings. The lowest BCUT2D eigenvalue weighted by atomic mass is 10.1. The van der Waals surface area contributed by atoms with Gasteiger partial charge in [-0.2, -0.15) is 0 Å². The minimum Gasteiger partial charge on any atom is -0.355 e. The first kappa shape index (κ1) is 11.1. The van der Waals surface area contributed by atoms with Crippen LogP contribution in [0.15, 0.2) is 24.3 Å².